The van der Waals surface area contributed by atoms with Crippen molar-refractivity contribution in [2.75, 3.05) is 14.2 Å². The first-order chi connectivity index (χ1) is 5.81. The minimum absolute atomic E-state index is 0.264. The van der Waals surface area contributed by atoms with Crippen molar-refractivity contribution in [3.05, 3.63) is 11.7 Å². The van der Waals surface area contributed by atoms with Crippen LogP contribution in [0.25, 0.3) is 0 Å². The van der Waals surface area contributed by atoms with Crippen molar-refractivity contribution in [3.8, 4) is 5.88 Å². The van der Waals surface area contributed by atoms with E-state index in [1.165, 1.54) is 7.11 Å². The van der Waals surface area contributed by atoms with Crippen LogP contribution >= 0.6 is 0 Å². The molecule has 1 aromatic rings. The van der Waals surface area contributed by atoms with E-state index in [2.05, 4.69) is 4.98 Å². The molecule has 0 radical (unpaired) electrons. The summed E-state index contributed by atoms with van der Waals surface area (Å²) in [5.41, 5.74) is 5.33. The van der Waals surface area contributed by atoms with Gasteiger partial charge in [0.15, 0.2) is 5.76 Å². The molecule has 2 N–H and O–H groups in total. The molecule has 5 heteroatoms. The molecule has 0 fully saturated rings. The SMILES string of the molecule is COCc1oc(CN)nc1OC. The molecular weight excluding hydrogens is 160 g/mol. The van der Waals surface area contributed by atoms with E-state index in [4.69, 9.17) is 19.6 Å². The van der Waals surface area contributed by atoms with Crippen molar-refractivity contribution in [1.82, 2.24) is 4.98 Å². The maximum Gasteiger partial charge on any atom is 0.258 e. The summed E-state index contributed by atoms with van der Waals surface area (Å²) in [6.45, 7) is 0.607. The van der Waals surface area contributed by atoms with Gasteiger partial charge in [0.05, 0.1) is 13.7 Å². The number of nitrogens with two attached hydrogens (primary N) is 1. The van der Waals surface area contributed by atoms with E-state index in [9.17, 15) is 0 Å². The van der Waals surface area contributed by atoms with E-state index < -0.39 is 0 Å². The maximum atomic E-state index is 5.33. The maximum absolute atomic E-state index is 5.33. The molecule has 0 saturated carbocycles. The van der Waals surface area contributed by atoms with Gasteiger partial charge in [0.2, 0.25) is 5.89 Å². The van der Waals surface area contributed by atoms with Gasteiger partial charge < -0.3 is 19.6 Å². The van der Waals surface area contributed by atoms with Crippen molar-refractivity contribution < 1.29 is 13.9 Å². The molecular formula is C7H12N2O3. The molecule has 0 amide bonds. The molecule has 0 saturated heterocycles. The van der Waals surface area contributed by atoms with Gasteiger partial charge in [0, 0.05) is 7.11 Å². The Bertz CT molecular complexity index is 247. The Hall–Kier alpha value is -1.07. The molecule has 0 aliphatic carbocycles. The first-order valence-electron chi connectivity index (χ1n) is 3.53. The van der Waals surface area contributed by atoms with Crippen molar-refractivity contribution in [3.63, 3.8) is 0 Å². The number of aromatic nitrogens is 1. The summed E-state index contributed by atoms with van der Waals surface area (Å²) in [5.74, 6) is 1.47. The Morgan fingerprint density at radius 3 is 2.75 bits per heavy atom. The van der Waals surface area contributed by atoms with Gasteiger partial charge in [-0.3, -0.25) is 0 Å². The van der Waals surface area contributed by atoms with Crippen molar-refractivity contribution in [1.29, 1.82) is 0 Å². The molecule has 0 unspecified atom stereocenters. The second kappa shape index (κ2) is 4.08. The number of rotatable bonds is 4. The monoisotopic (exact) mass is 172 g/mol. The molecule has 0 spiro atoms. The Morgan fingerprint density at radius 1 is 1.50 bits per heavy atom. The molecule has 0 bridgehead atoms. The molecule has 0 aliphatic rings. The second-order valence-electron chi connectivity index (χ2n) is 2.18. The van der Waals surface area contributed by atoms with Crippen LogP contribution in [0.5, 0.6) is 5.88 Å². The lowest BCUT2D eigenvalue weighted by Gasteiger charge is -1.95. The Morgan fingerprint density at radius 2 is 2.25 bits per heavy atom. The quantitative estimate of drug-likeness (QED) is 0.706. The van der Waals surface area contributed by atoms with Gasteiger partial charge in [-0.05, 0) is 0 Å². The summed E-state index contributed by atoms with van der Waals surface area (Å²) in [5, 5.41) is 0. The van der Waals surface area contributed by atoms with Gasteiger partial charge in [-0.2, -0.15) is 4.98 Å². The fourth-order valence-corrected chi connectivity index (χ4v) is 0.853. The molecule has 12 heavy (non-hydrogen) atoms. The molecule has 68 valence electrons. The first kappa shape index (κ1) is 9.02. The highest BCUT2D eigenvalue weighted by molar-refractivity contribution is 5.15. The van der Waals surface area contributed by atoms with E-state index in [1.807, 2.05) is 0 Å². The molecule has 1 aromatic heterocycles. The third kappa shape index (κ3) is 1.75. The van der Waals surface area contributed by atoms with Crippen LogP contribution in [0.3, 0.4) is 0 Å². The summed E-state index contributed by atoms with van der Waals surface area (Å²) in [4.78, 5) is 3.97. The van der Waals surface area contributed by atoms with Crippen LogP contribution in [0, 0.1) is 0 Å². The molecule has 1 heterocycles. The summed E-state index contributed by atoms with van der Waals surface area (Å²) in [6.07, 6.45) is 0. The van der Waals surface area contributed by atoms with Crippen molar-refractivity contribution >= 4 is 0 Å². The van der Waals surface area contributed by atoms with E-state index in [-0.39, 0.29) is 6.54 Å². The minimum Gasteiger partial charge on any atom is -0.478 e. The first-order valence-corrected chi connectivity index (χ1v) is 3.53. The summed E-state index contributed by atoms with van der Waals surface area (Å²) < 4.78 is 15.0. The lowest BCUT2D eigenvalue weighted by Crippen LogP contribution is -1.95. The van der Waals surface area contributed by atoms with Crippen LogP contribution in [0.2, 0.25) is 0 Å². The molecule has 0 aromatic carbocycles. The molecule has 5 nitrogen and oxygen atoms in total. The molecule has 0 atom stereocenters. The summed E-state index contributed by atoms with van der Waals surface area (Å²) >= 11 is 0. The lowest BCUT2D eigenvalue weighted by atomic mass is 10.5. The Labute approximate surface area is 70.5 Å². The number of nitrogens with zero attached hydrogens (tertiary/aromatic N) is 1. The van der Waals surface area contributed by atoms with Gasteiger partial charge in [-0.1, -0.05) is 0 Å². The smallest absolute Gasteiger partial charge is 0.258 e. The van der Waals surface area contributed by atoms with Gasteiger partial charge in [-0.25, -0.2) is 0 Å². The van der Waals surface area contributed by atoms with Gasteiger partial charge in [-0.15, -0.1) is 0 Å². The van der Waals surface area contributed by atoms with Crippen molar-refractivity contribution in [2.24, 2.45) is 5.73 Å². The van der Waals surface area contributed by atoms with Crippen LogP contribution in [-0.4, -0.2) is 19.2 Å². The fourth-order valence-electron chi connectivity index (χ4n) is 0.853. The van der Waals surface area contributed by atoms with Gasteiger partial charge in [0.1, 0.15) is 6.61 Å². The third-order valence-electron chi connectivity index (χ3n) is 1.35. The zero-order chi connectivity index (χ0) is 8.97. The third-order valence-corrected chi connectivity index (χ3v) is 1.35. The average Bonchev–Trinajstić information content (AvgIpc) is 2.48. The highest BCUT2D eigenvalue weighted by atomic mass is 16.5. The molecule has 0 aliphatic heterocycles. The number of oxazole rings is 1. The summed E-state index contributed by atoms with van der Waals surface area (Å²) in [7, 11) is 3.10. The van der Waals surface area contributed by atoms with Gasteiger partial charge >= 0.3 is 0 Å². The molecule has 1 rings (SSSR count). The van der Waals surface area contributed by atoms with E-state index in [1.54, 1.807) is 7.11 Å². The van der Waals surface area contributed by atoms with Crippen LogP contribution in [-0.2, 0) is 17.9 Å². The highest BCUT2D eigenvalue weighted by Gasteiger charge is 2.11. The second-order valence-corrected chi connectivity index (χ2v) is 2.18. The van der Waals surface area contributed by atoms with Crippen molar-refractivity contribution in [2.45, 2.75) is 13.2 Å². The minimum atomic E-state index is 0.264. The topological polar surface area (TPSA) is 70.5 Å². The number of hydrogen-bond acceptors (Lipinski definition) is 5. The van der Waals surface area contributed by atoms with E-state index in [0.717, 1.165) is 0 Å². The normalized spacial score (nSPS) is 10.2. The number of methoxy groups -OCH3 is 2. The van der Waals surface area contributed by atoms with Crippen LogP contribution in [0.4, 0.5) is 0 Å². The fraction of sp³-hybridized carbons (Fsp3) is 0.571. The van der Waals surface area contributed by atoms with Gasteiger partial charge in [0.25, 0.3) is 5.88 Å². The number of hydrogen-bond donors (Lipinski definition) is 1. The zero-order valence-electron chi connectivity index (χ0n) is 7.16. The lowest BCUT2D eigenvalue weighted by molar-refractivity contribution is 0.158. The van der Waals surface area contributed by atoms with E-state index >= 15 is 0 Å². The predicted octanol–water partition coefficient (Wildman–Crippen LogP) is 0.288. The largest absolute Gasteiger partial charge is 0.478 e. The summed E-state index contributed by atoms with van der Waals surface area (Å²) in [6, 6.07) is 0. The Kier molecular flexibility index (Phi) is 3.07. The predicted molar refractivity (Wildman–Crippen MR) is 41.7 cm³/mol. The Balaban J connectivity index is 2.84. The zero-order valence-corrected chi connectivity index (χ0v) is 7.16. The van der Waals surface area contributed by atoms with Crippen LogP contribution < -0.4 is 10.5 Å². The average molecular weight is 172 g/mol. The standard InChI is InChI=1S/C7H12N2O3/c1-10-4-5-7(11-2)9-6(3-8)12-5/h3-4,8H2,1-2H3. The van der Waals surface area contributed by atoms with E-state index in [0.29, 0.717) is 24.1 Å². The highest BCUT2D eigenvalue weighted by Crippen LogP contribution is 2.18. The number of ether oxygens (including phenoxy) is 2. The van der Waals surface area contributed by atoms with Crippen LogP contribution in [0.15, 0.2) is 4.42 Å². The van der Waals surface area contributed by atoms with Crippen LogP contribution in [0.1, 0.15) is 11.7 Å².